The van der Waals surface area contributed by atoms with Crippen molar-refractivity contribution in [2.24, 2.45) is 11.3 Å². The first-order valence-corrected chi connectivity index (χ1v) is 16.7. The van der Waals surface area contributed by atoms with Gasteiger partial charge in [0.2, 0.25) is 5.95 Å². The van der Waals surface area contributed by atoms with E-state index in [0.29, 0.717) is 0 Å². The Bertz CT molecular complexity index is 2040. The number of fused-ring (bicyclic) bond motifs is 3. The average molecular weight is 686 g/mol. The summed E-state index contributed by atoms with van der Waals surface area (Å²) in [4.78, 5) is 56.2. The number of aliphatic hydroxyl groups is 1. The number of imidazole rings is 2. The summed E-state index contributed by atoms with van der Waals surface area (Å²) in [5, 5.41) is 11.4. The maximum absolute atomic E-state index is 16.0. The Labute approximate surface area is 254 Å². The molecule has 4 aromatic heterocycles. The zero-order chi connectivity index (χ0) is 32.3. The van der Waals surface area contributed by atoms with E-state index in [2.05, 4.69) is 29.9 Å². The molecule has 11 atom stereocenters. The molecule has 2 aliphatic carbocycles. The van der Waals surface area contributed by atoms with Crippen molar-refractivity contribution in [1.29, 1.82) is 0 Å². The molecule has 1 spiro atoms. The number of nitrogens with one attached hydrogen (secondary N) is 1. The van der Waals surface area contributed by atoms with E-state index < -0.39 is 88.6 Å². The van der Waals surface area contributed by atoms with Crippen molar-refractivity contribution >= 4 is 49.7 Å². The zero-order valence-electron chi connectivity index (χ0n) is 23.1. The molecule has 24 heteroatoms. The van der Waals surface area contributed by atoms with Gasteiger partial charge < -0.3 is 35.7 Å². The van der Waals surface area contributed by atoms with Gasteiger partial charge in [0.05, 0.1) is 31.9 Å². The van der Waals surface area contributed by atoms with E-state index in [1.165, 1.54) is 17.2 Å². The number of anilines is 2. The first-order chi connectivity index (χ1) is 21.8. The molecule has 2 saturated heterocycles. The van der Waals surface area contributed by atoms with Gasteiger partial charge in [0.15, 0.2) is 35.0 Å². The smallest absolute Gasteiger partial charge is 0.388 e. The van der Waals surface area contributed by atoms with E-state index in [-0.39, 0.29) is 40.5 Å². The van der Waals surface area contributed by atoms with Crippen molar-refractivity contribution in [3.05, 3.63) is 29.3 Å². The third-order valence-electron chi connectivity index (χ3n) is 8.92. The lowest BCUT2D eigenvalue weighted by atomic mass is 10.0. The van der Waals surface area contributed by atoms with Crippen LogP contribution in [-0.4, -0.2) is 97.7 Å². The van der Waals surface area contributed by atoms with E-state index in [9.17, 15) is 28.8 Å². The lowest BCUT2D eigenvalue weighted by molar-refractivity contribution is -0.0663. The van der Waals surface area contributed by atoms with Crippen LogP contribution in [0.2, 0.25) is 0 Å². The quantitative estimate of drug-likeness (QED) is 0.142. The number of phosphoric ester groups is 2. The third kappa shape index (κ3) is 4.52. The van der Waals surface area contributed by atoms with Gasteiger partial charge in [-0.3, -0.25) is 32.4 Å². The lowest BCUT2D eigenvalue weighted by Crippen LogP contribution is -2.39. The maximum Gasteiger partial charge on any atom is 0.472 e. The van der Waals surface area contributed by atoms with Crippen molar-refractivity contribution in [2.75, 3.05) is 24.7 Å². The largest absolute Gasteiger partial charge is 0.472 e. The normalized spacial score (nSPS) is 41.0. The molecule has 8 N–H and O–H groups in total. The van der Waals surface area contributed by atoms with Crippen LogP contribution in [0.4, 0.5) is 16.2 Å². The molecule has 4 fully saturated rings. The number of nitrogens with two attached hydrogens (primary N) is 2. The number of ether oxygens (including phenoxy) is 1. The summed E-state index contributed by atoms with van der Waals surface area (Å²) in [5.74, 6) is -0.799. The van der Waals surface area contributed by atoms with Crippen LogP contribution < -0.4 is 17.0 Å². The molecule has 46 heavy (non-hydrogen) atoms. The summed E-state index contributed by atoms with van der Waals surface area (Å²) in [6.07, 6.45) is -6.42. The Morgan fingerprint density at radius 2 is 1.76 bits per heavy atom. The van der Waals surface area contributed by atoms with Crippen LogP contribution in [0.3, 0.4) is 0 Å². The molecule has 2 unspecified atom stereocenters. The van der Waals surface area contributed by atoms with Crippen LogP contribution in [0.1, 0.15) is 18.7 Å². The van der Waals surface area contributed by atoms with Crippen LogP contribution in [0.5, 0.6) is 0 Å². The van der Waals surface area contributed by atoms with Crippen LogP contribution >= 0.6 is 15.6 Å². The van der Waals surface area contributed by atoms with Crippen molar-refractivity contribution in [3.63, 3.8) is 0 Å². The Kier molecular flexibility index (Phi) is 6.53. The molecule has 0 bridgehead atoms. The summed E-state index contributed by atoms with van der Waals surface area (Å²) in [5.41, 5.74) is 9.76. The summed E-state index contributed by atoms with van der Waals surface area (Å²) in [6.45, 7) is -1.46. The number of rotatable bonds is 2. The Morgan fingerprint density at radius 1 is 1.02 bits per heavy atom. The second kappa shape index (κ2) is 10.0. The highest BCUT2D eigenvalue weighted by Gasteiger charge is 2.74. The minimum Gasteiger partial charge on any atom is -0.388 e. The Hall–Kier alpha value is -3.43. The van der Waals surface area contributed by atoms with E-state index in [1.807, 2.05) is 0 Å². The number of halogens is 1. The monoisotopic (exact) mass is 686 g/mol. The fourth-order valence-electron chi connectivity index (χ4n) is 6.79. The number of nitrogen functional groups attached to an aromatic ring is 2. The van der Waals surface area contributed by atoms with Gasteiger partial charge in [-0.1, -0.05) is 0 Å². The highest BCUT2D eigenvalue weighted by molar-refractivity contribution is 7.47. The van der Waals surface area contributed by atoms with Crippen molar-refractivity contribution in [2.45, 2.75) is 49.3 Å². The molecule has 4 aliphatic rings. The van der Waals surface area contributed by atoms with E-state index >= 15 is 4.39 Å². The standard InChI is InChI=1S/C22H25FN10O11P2/c23-9-14-8(42-20(9)33-6-28-10-16(24)26-4-27-17(10)33)2-40-45(36,37)44-15-13(34)12(7-1-22(7,15)3-41-46(38,39)43-14)32-5-29-11-18(32)30-21(25)31-19(11)35/h4-9,12-15,20,34H,1-3H2,(H,36,37)(H,38,39)(H2,24,26,27)(H3,25,30,31,35)/t7-,8-,9-,12-,13+,14-,15+,20-,22-/m1/s1. The number of aliphatic hydroxyl groups excluding tert-OH is 1. The average Bonchev–Trinajstić information content (AvgIpc) is 3.25. The lowest BCUT2D eigenvalue weighted by Gasteiger charge is -2.31. The van der Waals surface area contributed by atoms with E-state index in [0.717, 1.165) is 10.9 Å². The number of phosphoric acid groups is 2. The molecule has 2 aliphatic heterocycles. The number of hydrogen-bond donors (Lipinski definition) is 6. The number of H-pyrrole nitrogens is 1. The number of hydrogen-bond acceptors (Lipinski definition) is 16. The zero-order valence-corrected chi connectivity index (χ0v) is 24.9. The second-order valence-electron chi connectivity index (χ2n) is 11.5. The summed E-state index contributed by atoms with van der Waals surface area (Å²) < 4.78 is 72.0. The molecule has 0 amide bonds. The van der Waals surface area contributed by atoms with E-state index in [1.54, 1.807) is 0 Å². The first-order valence-electron chi connectivity index (χ1n) is 13.7. The minimum atomic E-state index is -5.06. The summed E-state index contributed by atoms with van der Waals surface area (Å²) >= 11 is 0. The first kappa shape index (κ1) is 29.9. The van der Waals surface area contributed by atoms with Gasteiger partial charge in [-0.2, -0.15) is 4.98 Å². The summed E-state index contributed by atoms with van der Waals surface area (Å²) in [6, 6.07) is -0.946. The van der Waals surface area contributed by atoms with Crippen LogP contribution in [-0.2, 0) is 32.0 Å². The second-order valence-corrected chi connectivity index (χ2v) is 14.3. The fraction of sp³-hybridized carbons (Fsp3) is 0.545. The van der Waals surface area contributed by atoms with Crippen molar-refractivity contribution < 1.29 is 51.2 Å². The number of aromatic amines is 1. The summed E-state index contributed by atoms with van der Waals surface area (Å²) in [7, 11) is -10.1. The van der Waals surface area contributed by atoms with Gasteiger partial charge in [0.1, 0.15) is 36.3 Å². The molecule has 2 saturated carbocycles. The van der Waals surface area contributed by atoms with Crippen molar-refractivity contribution in [1.82, 2.24) is 39.0 Å². The highest BCUT2D eigenvalue weighted by atomic mass is 31.2. The molecule has 246 valence electrons. The van der Waals surface area contributed by atoms with Gasteiger partial charge in [-0.05, 0) is 12.3 Å². The Balaban J connectivity index is 1.11. The predicted molar refractivity (Wildman–Crippen MR) is 148 cm³/mol. The minimum absolute atomic E-state index is 0.0119. The molecule has 4 aromatic rings. The number of nitrogens with zero attached hydrogens (tertiary/aromatic N) is 7. The topological polar surface area (TPSA) is 300 Å². The van der Waals surface area contributed by atoms with Crippen molar-refractivity contribution in [3.8, 4) is 0 Å². The van der Waals surface area contributed by atoms with Gasteiger partial charge in [-0.25, -0.2) is 33.5 Å². The van der Waals surface area contributed by atoms with Crippen LogP contribution in [0, 0.1) is 11.3 Å². The molecule has 21 nitrogen and oxygen atoms in total. The maximum atomic E-state index is 16.0. The molecule has 0 aromatic carbocycles. The van der Waals surface area contributed by atoms with Gasteiger partial charge in [0.25, 0.3) is 5.56 Å². The third-order valence-corrected chi connectivity index (χ3v) is 10.9. The number of aromatic nitrogens is 8. The SMILES string of the molecule is Nc1nc2c(ncn2[C@H]2[C@H](O)[C@@H]3OP(=O)(O)OC[C@H]4O[C@@H](n5cnc6c(N)ncnc65)[C@H](F)[C@@H]4OP(=O)(O)OC[C@@]34C[C@H]24)c(=O)[nH]1. The van der Waals surface area contributed by atoms with Gasteiger partial charge >= 0.3 is 15.6 Å². The van der Waals surface area contributed by atoms with E-state index in [4.69, 9.17) is 34.3 Å². The molecule has 6 heterocycles. The molecule has 0 radical (unpaired) electrons. The molecular weight excluding hydrogens is 661 g/mol. The predicted octanol–water partition coefficient (Wildman–Crippen LogP) is -0.701. The van der Waals surface area contributed by atoms with Gasteiger partial charge in [0, 0.05) is 5.41 Å². The molecular formula is C22H25FN10O11P2. The van der Waals surface area contributed by atoms with Crippen LogP contribution in [0.15, 0.2) is 23.8 Å². The Morgan fingerprint density at radius 3 is 2.57 bits per heavy atom. The highest BCUT2D eigenvalue weighted by Crippen LogP contribution is 2.72. The van der Waals surface area contributed by atoms with Gasteiger partial charge in [-0.15, -0.1) is 0 Å². The molecule has 8 rings (SSSR count). The van der Waals surface area contributed by atoms with Crippen LogP contribution in [0.25, 0.3) is 22.3 Å². The number of alkyl halides is 1. The fourth-order valence-corrected chi connectivity index (χ4v) is 8.83.